The maximum absolute atomic E-state index is 12.0. The normalized spacial score (nSPS) is 10.2. The van der Waals surface area contributed by atoms with Crippen LogP contribution in [0.5, 0.6) is 5.75 Å². The van der Waals surface area contributed by atoms with Gasteiger partial charge in [-0.2, -0.15) is 0 Å². The van der Waals surface area contributed by atoms with E-state index in [0.717, 1.165) is 14.9 Å². The third kappa shape index (κ3) is 3.80. The van der Waals surface area contributed by atoms with E-state index >= 15 is 0 Å². The van der Waals surface area contributed by atoms with Crippen molar-refractivity contribution in [3.63, 3.8) is 0 Å². The van der Waals surface area contributed by atoms with Gasteiger partial charge in [0.25, 0.3) is 0 Å². The lowest BCUT2D eigenvalue weighted by molar-refractivity contribution is 0.0596. The molecule has 3 nitrogen and oxygen atoms in total. The van der Waals surface area contributed by atoms with Gasteiger partial charge in [-0.3, -0.25) is 0 Å². The number of halogens is 1. The zero-order valence-electron chi connectivity index (χ0n) is 11.8. The fourth-order valence-electron chi connectivity index (χ4n) is 1.92. The van der Waals surface area contributed by atoms with Crippen molar-refractivity contribution in [1.82, 2.24) is 0 Å². The Hall–Kier alpha value is -1.46. The summed E-state index contributed by atoms with van der Waals surface area (Å²) in [6.07, 6.45) is 0. The van der Waals surface area contributed by atoms with Crippen molar-refractivity contribution in [3.05, 3.63) is 58.1 Å². The Morgan fingerprint density at radius 2 is 1.86 bits per heavy atom. The minimum Gasteiger partial charge on any atom is -0.495 e. The van der Waals surface area contributed by atoms with E-state index in [1.807, 2.05) is 42.5 Å². The number of carbonyl (C=O) groups is 1. The lowest BCUT2D eigenvalue weighted by Gasteiger charge is -2.13. The van der Waals surface area contributed by atoms with Gasteiger partial charge in [-0.05, 0) is 39.7 Å². The van der Waals surface area contributed by atoms with Crippen LogP contribution in [-0.4, -0.2) is 20.2 Å². The number of hydrogen-bond donors (Lipinski definition) is 0. The first-order valence-corrected chi connectivity index (χ1v) is 8.06. The van der Waals surface area contributed by atoms with Gasteiger partial charge in [0, 0.05) is 10.6 Å². The van der Waals surface area contributed by atoms with Gasteiger partial charge in [-0.25, -0.2) is 4.79 Å². The van der Waals surface area contributed by atoms with E-state index in [1.165, 1.54) is 7.11 Å². The molecule has 0 saturated heterocycles. The van der Waals surface area contributed by atoms with Crippen molar-refractivity contribution in [2.45, 2.75) is 10.6 Å². The van der Waals surface area contributed by atoms with Gasteiger partial charge in [0.05, 0.1) is 18.7 Å². The Bertz CT molecular complexity index is 629. The Kier molecular flexibility index (Phi) is 5.70. The van der Waals surface area contributed by atoms with Crippen molar-refractivity contribution in [1.29, 1.82) is 0 Å². The molecule has 0 atom stereocenters. The molecule has 0 aliphatic rings. The first-order valence-electron chi connectivity index (χ1n) is 6.29. The molecule has 21 heavy (non-hydrogen) atoms. The molecule has 110 valence electrons. The molecule has 0 aromatic heterocycles. The molecule has 0 aliphatic heterocycles. The molecular formula is C16H15BrO3S. The van der Waals surface area contributed by atoms with Crippen LogP contribution in [0.25, 0.3) is 0 Å². The zero-order chi connectivity index (χ0) is 15.2. The summed E-state index contributed by atoms with van der Waals surface area (Å²) in [5.74, 6) is 0.780. The summed E-state index contributed by atoms with van der Waals surface area (Å²) in [5.41, 5.74) is 1.36. The second-order valence-electron chi connectivity index (χ2n) is 4.21. The van der Waals surface area contributed by atoms with E-state index in [4.69, 9.17) is 9.47 Å². The molecule has 0 N–H and O–H groups in total. The van der Waals surface area contributed by atoms with Crippen LogP contribution in [0.4, 0.5) is 0 Å². The molecular weight excluding hydrogens is 352 g/mol. The second kappa shape index (κ2) is 7.52. The van der Waals surface area contributed by atoms with Crippen molar-refractivity contribution in [3.8, 4) is 5.75 Å². The summed E-state index contributed by atoms with van der Waals surface area (Å²) in [6.45, 7) is 0. The number of esters is 1. The predicted molar refractivity (Wildman–Crippen MR) is 88.0 cm³/mol. The molecule has 0 bridgehead atoms. The number of benzene rings is 2. The second-order valence-corrected chi connectivity index (χ2v) is 6.11. The summed E-state index contributed by atoms with van der Waals surface area (Å²) in [6, 6.07) is 13.8. The van der Waals surface area contributed by atoms with E-state index in [0.29, 0.717) is 17.1 Å². The Labute approximate surface area is 136 Å². The van der Waals surface area contributed by atoms with Crippen LogP contribution in [0, 0.1) is 0 Å². The monoisotopic (exact) mass is 366 g/mol. The lowest BCUT2D eigenvalue weighted by Crippen LogP contribution is -2.08. The summed E-state index contributed by atoms with van der Waals surface area (Å²) in [4.78, 5) is 13.2. The average Bonchev–Trinajstić information content (AvgIpc) is 2.53. The highest BCUT2D eigenvalue weighted by molar-refractivity contribution is 9.10. The maximum Gasteiger partial charge on any atom is 0.342 e. The van der Waals surface area contributed by atoms with Crippen molar-refractivity contribution < 1.29 is 14.3 Å². The van der Waals surface area contributed by atoms with Crippen LogP contribution in [0.2, 0.25) is 0 Å². The van der Waals surface area contributed by atoms with Crippen LogP contribution in [0.15, 0.2) is 51.8 Å². The fraction of sp³-hybridized carbons (Fsp3) is 0.188. The molecule has 0 fully saturated rings. The lowest BCUT2D eigenvalue weighted by atomic mass is 10.1. The molecule has 0 unspecified atom stereocenters. The molecule has 0 saturated carbocycles. The van der Waals surface area contributed by atoms with Crippen LogP contribution < -0.4 is 4.74 Å². The quantitative estimate of drug-likeness (QED) is 0.574. The number of thioether (sulfide) groups is 1. The summed E-state index contributed by atoms with van der Waals surface area (Å²) >= 11 is 5.06. The molecule has 2 rings (SSSR count). The minimum absolute atomic E-state index is 0.392. The third-order valence-electron chi connectivity index (χ3n) is 2.93. The zero-order valence-corrected chi connectivity index (χ0v) is 14.2. The van der Waals surface area contributed by atoms with Crippen LogP contribution >= 0.6 is 27.7 Å². The van der Waals surface area contributed by atoms with Crippen molar-refractivity contribution >= 4 is 33.7 Å². The van der Waals surface area contributed by atoms with E-state index in [9.17, 15) is 4.79 Å². The Balaban J connectivity index is 2.32. The smallest absolute Gasteiger partial charge is 0.342 e. The summed E-state index contributed by atoms with van der Waals surface area (Å²) in [7, 11) is 2.91. The number of ether oxygens (including phenoxy) is 2. The first kappa shape index (κ1) is 15.9. The van der Waals surface area contributed by atoms with Crippen LogP contribution in [0.3, 0.4) is 0 Å². The van der Waals surface area contributed by atoms with Gasteiger partial charge in [0.15, 0.2) is 0 Å². The molecule has 0 radical (unpaired) electrons. The van der Waals surface area contributed by atoms with Crippen LogP contribution in [-0.2, 0) is 10.5 Å². The topological polar surface area (TPSA) is 35.5 Å². The third-order valence-corrected chi connectivity index (χ3v) is 4.61. The molecule has 5 heteroatoms. The maximum atomic E-state index is 12.0. The van der Waals surface area contributed by atoms with Crippen molar-refractivity contribution in [2.24, 2.45) is 0 Å². The van der Waals surface area contributed by atoms with E-state index in [1.54, 1.807) is 18.9 Å². The number of methoxy groups -OCH3 is 2. The summed E-state index contributed by atoms with van der Waals surface area (Å²) < 4.78 is 10.9. The largest absolute Gasteiger partial charge is 0.495 e. The standard InChI is InChI=1S/C16H15BrO3S/c1-19-15-13(17)9-8-11(14(15)16(18)20-2)10-21-12-6-4-3-5-7-12/h3-9H,10H2,1-2H3. The molecule has 0 amide bonds. The fourth-order valence-corrected chi connectivity index (χ4v) is 3.33. The minimum atomic E-state index is -0.392. The van der Waals surface area contributed by atoms with Gasteiger partial charge in [-0.15, -0.1) is 11.8 Å². The highest BCUT2D eigenvalue weighted by Gasteiger charge is 2.20. The van der Waals surface area contributed by atoms with Crippen LogP contribution in [0.1, 0.15) is 15.9 Å². The average molecular weight is 367 g/mol. The number of rotatable bonds is 5. The summed E-state index contributed by atoms with van der Waals surface area (Å²) in [5, 5.41) is 0. The van der Waals surface area contributed by atoms with E-state index < -0.39 is 5.97 Å². The Morgan fingerprint density at radius 1 is 1.14 bits per heavy atom. The highest BCUT2D eigenvalue weighted by atomic mass is 79.9. The van der Waals surface area contributed by atoms with Gasteiger partial charge < -0.3 is 9.47 Å². The molecule has 2 aromatic rings. The predicted octanol–water partition coefficient (Wildman–Crippen LogP) is 4.54. The van der Waals surface area contributed by atoms with Gasteiger partial charge >= 0.3 is 5.97 Å². The van der Waals surface area contributed by atoms with E-state index in [-0.39, 0.29) is 0 Å². The van der Waals surface area contributed by atoms with Gasteiger partial charge in [0.1, 0.15) is 11.3 Å². The molecule has 2 aromatic carbocycles. The number of carbonyl (C=O) groups excluding carboxylic acids is 1. The Morgan fingerprint density at radius 3 is 2.48 bits per heavy atom. The van der Waals surface area contributed by atoms with Gasteiger partial charge in [0.2, 0.25) is 0 Å². The molecule has 0 spiro atoms. The molecule has 0 aliphatic carbocycles. The number of hydrogen-bond acceptors (Lipinski definition) is 4. The van der Waals surface area contributed by atoms with E-state index in [2.05, 4.69) is 15.9 Å². The first-order chi connectivity index (χ1) is 10.2. The van der Waals surface area contributed by atoms with Crippen molar-refractivity contribution in [2.75, 3.05) is 14.2 Å². The highest BCUT2D eigenvalue weighted by Crippen LogP contribution is 2.34. The van der Waals surface area contributed by atoms with Gasteiger partial charge in [-0.1, -0.05) is 24.3 Å². The molecule has 0 heterocycles. The SMILES string of the molecule is COC(=O)c1c(CSc2ccccc2)ccc(Br)c1OC.